The topological polar surface area (TPSA) is 74.7 Å². The van der Waals surface area contributed by atoms with E-state index in [0.717, 1.165) is 45.0 Å². The van der Waals surface area contributed by atoms with Gasteiger partial charge in [0, 0.05) is 25.3 Å². The molecule has 2 N–H and O–H groups in total. The number of nitrogens with one attached hydrogen (secondary N) is 1. The fourth-order valence-corrected chi connectivity index (χ4v) is 2.20. The van der Waals surface area contributed by atoms with E-state index < -0.39 is 5.97 Å². The summed E-state index contributed by atoms with van der Waals surface area (Å²) in [5.41, 5.74) is 1.03. The summed E-state index contributed by atoms with van der Waals surface area (Å²) in [6.07, 6.45) is 0.953. The first-order valence-corrected chi connectivity index (χ1v) is 6.92. The van der Waals surface area contributed by atoms with Gasteiger partial charge in [-0.1, -0.05) is 0 Å². The van der Waals surface area contributed by atoms with Crippen LogP contribution in [0.3, 0.4) is 0 Å². The molecule has 6 nitrogen and oxygen atoms in total. The normalized spacial score (nSPS) is 16.1. The van der Waals surface area contributed by atoms with Crippen LogP contribution in [-0.4, -0.2) is 60.4 Å². The monoisotopic (exact) mass is 279 g/mol. The Morgan fingerprint density at radius 1 is 1.45 bits per heavy atom. The fraction of sp³-hybridized carbons (Fsp3) is 0.571. The van der Waals surface area contributed by atoms with Gasteiger partial charge in [-0.05, 0) is 32.0 Å². The Hall–Kier alpha value is -1.66. The fourth-order valence-electron chi connectivity index (χ4n) is 2.20. The van der Waals surface area contributed by atoms with Gasteiger partial charge in [-0.25, -0.2) is 9.78 Å². The quantitative estimate of drug-likeness (QED) is 0.763. The molecule has 0 radical (unpaired) electrons. The van der Waals surface area contributed by atoms with Crippen molar-refractivity contribution in [2.45, 2.75) is 13.3 Å². The zero-order chi connectivity index (χ0) is 14.4. The number of aromatic carboxylic acids is 1. The van der Waals surface area contributed by atoms with E-state index in [1.165, 1.54) is 0 Å². The predicted octanol–water partition coefficient (Wildman–Crippen LogP) is 1.22. The van der Waals surface area contributed by atoms with Crippen LogP contribution in [0.25, 0.3) is 0 Å². The summed E-state index contributed by atoms with van der Waals surface area (Å²) in [7, 11) is 0. The molecule has 1 aliphatic heterocycles. The molecule has 0 aliphatic carbocycles. The highest BCUT2D eigenvalue weighted by Gasteiger charge is 2.12. The molecular formula is C14H21N3O3. The van der Waals surface area contributed by atoms with Gasteiger partial charge in [0.05, 0.1) is 13.2 Å². The van der Waals surface area contributed by atoms with Gasteiger partial charge < -0.3 is 15.2 Å². The molecule has 110 valence electrons. The molecule has 0 spiro atoms. The van der Waals surface area contributed by atoms with Crippen LogP contribution in [-0.2, 0) is 4.74 Å². The smallest absolute Gasteiger partial charge is 0.339 e. The molecule has 0 unspecified atom stereocenters. The van der Waals surface area contributed by atoms with Crippen molar-refractivity contribution in [3.63, 3.8) is 0 Å². The van der Waals surface area contributed by atoms with E-state index in [0.29, 0.717) is 12.4 Å². The molecule has 0 bridgehead atoms. The summed E-state index contributed by atoms with van der Waals surface area (Å²) >= 11 is 0. The summed E-state index contributed by atoms with van der Waals surface area (Å²) in [6, 6.07) is 3.30. The highest BCUT2D eigenvalue weighted by Crippen LogP contribution is 2.13. The van der Waals surface area contributed by atoms with Crippen molar-refractivity contribution in [1.29, 1.82) is 0 Å². The van der Waals surface area contributed by atoms with E-state index in [1.807, 2.05) is 6.92 Å². The standard InChI is InChI=1S/C14H21N3O3/c1-11-3-4-12(14(18)19)13(16-11)15-5-2-6-17-7-9-20-10-8-17/h3-4H,2,5-10H2,1H3,(H,15,16)(H,18,19). The van der Waals surface area contributed by atoms with Gasteiger partial charge in [0.2, 0.25) is 0 Å². The molecule has 1 saturated heterocycles. The van der Waals surface area contributed by atoms with E-state index in [4.69, 9.17) is 9.84 Å². The Morgan fingerprint density at radius 2 is 2.20 bits per heavy atom. The molecule has 2 heterocycles. The van der Waals surface area contributed by atoms with Crippen molar-refractivity contribution in [3.8, 4) is 0 Å². The van der Waals surface area contributed by atoms with Gasteiger partial charge in [-0.15, -0.1) is 0 Å². The maximum Gasteiger partial charge on any atom is 0.339 e. The van der Waals surface area contributed by atoms with E-state index >= 15 is 0 Å². The molecule has 0 saturated carbocycles. The number of carboxylic acid groups (broad SMARTS) is 1. The van der Waals surface area contributed by atoms with Crippen LogP contribution in [0.1, 0.15) is 22.5 Å². The average molecular weight is 279 g/mol. The molecule has 1 aromatic heterocycles. The number of anilines is 1. The molecule has 1 aliphatic rings. The molecule has 20 heavy (non-hydrogen) atoms. The number of hydrogen-bond donors (Lipinski definition) is 2. The molecule has 1 aromatic rings. The van der Waals surface area contributed by atoms with Crippen molar-refractivity contribution in [3.05, 3.63) is 23.4 Å². The van der Waals surface area contributed by atoms with Crippen LogP contribution in [0.4, 0.5) is 5.82 Å². The van der Waals surface area contributed by atoms with Gasteiger partial charge in [0.1, 0.15) is 11.4 Å². The second-order valence-corrected chi connectivity index (χ2v) is 4.89. The van der Waals surface area contributed by atoms with Crippen LogP contribution in [0.15, 0.2) is 12.1 Å². The van der Waals surface area contributed by atoms with Crippen LogP contribution < -0.4 is 5.32 Å². The lowest BCUT2D eigenvalue weighted by molar-refractivity contribution is 0.0378. The SMILES string of the molecule is Cc1ccc(C(=O)O)c(NCCCN2CCOCC2)n1. The number of aromatic nitrogens is 1. The number of carbonyl (C=O) groups is 1. The zero-order valence-electron chi connectivity index (χ0n) is 11.8. The van der Waals surface area contributed by atoms with Gasteiger partial charge in [-0.3, -0.25) is 4.90 Å². The maximum absolute atomic E-state index is 11.1. The third-order valence-electron chi connectivity index (χ3n) is 3.31. The zero-order valence-corrected chi connectivity index (χ0v) is 11.8. The van der Waals surface area contributed by atoms with Crippen molar-refractivity contribution in [2.75, 3.05) is 44.7 Å². The Bertz CT molecular complexity index is 459. The molecule has 1 fully saturated rings. The summed E-state index contributed by atoms with van der Waals surface area (Å²) in [5, 5.41) is 12.2. The summed E-state index contributed by atoms with van der Waals surface area (Å²) in [5.74, 6) is -0.493. The van der Waals surface area contributed by atoms with Crippen LogP contribution in [0.5, 0.6) is 0 Å². The lowest BCUT2D eigenvalue weighted by atomic mass is 10.2. The summed E-state index contributed by atoms with van der Waals surface area (Å²) in [4.78, 5) is 17.7. The first-order chi connectivity index (χ1) is 9.66. The van der Waals surface area contributed by atoms with Crippen LogP contribution in [0, 0.1) is 6.92 Å². The van der Waals surface area contributed by atoms with Crippen molar-refractivity contribution in [2.24, 2.45) is 0 Å². The predicted molar refractivity (Wildman–Crippen MR) is 76.3 cm³/mol. The lowest BCUT2D eigenvalue weighted by Crippen LogP contribution is -2.37. The highest BCUT2D eigenvalue weighted by atomic mass is 16.5. The first-order valence-electron chi connectivity index (χ1n) is 6.92. The number of carboxylic acids is 1. The Morgan fingerprint density at radius 3 is 2.90 bits per heavy atom. The Kier molecular flexibility index (Phi) is 5.31. The molecule has 0 atom stereocenters. The number of morpholine rings is 1. The van der Waals surface area contributed by atoms with Gasteiger partial charge in [0.25, 0.3) is 0 Å². The van der Waals surface area contributed by atoms with E-state index in [9.17, 15) is 4.79 Å². The van der Waals surface area contributed by atoms with Crippen molar-refractivity contribution >= 4 is 11.8 Å². The number of hydrogen-bond acceptors (Lipinski definition) is 5. The van der Waals surface area contributed by atoms with Gasteiger partial charge in [0.15, 0.2) is 0 Å². The minimum Gasteiger partial charge on any atom is -0.478 e. The molecule has 0 amide bonds. The Balaban J connectivity index is 1.81. The van der Waals surface area contributed by atoms with E-state index in [-0.39, 0.29) is 5.56 Å². The van der Waals surface area contributed by atoms with Gasteiger partial charge in [-0.2, -0.15) is 0 Å². The number of aryl methyl sites for hydroxylation is 1. The second kappa shape index (κ2) is 7.21. The third kappa shape index (κ3) is 4.18. The average Bonchev–Trinajstić information content (AvgIpc) is 2.44. The Labute approximate surface area is 118 Å². The maximum atomic E-state index is 11.1. The summed E-state index contributed by atoms with van der Waals surface area (Å²) < 4.78 is 5.30. The number of rotatable bonds is 6. The highest BCUT2D eigenvalue weighted by molar-refractivity contribution is 5.93. The van der Waals surface area contributed by atoms with Crippen molar-refractivity contribution < 1.29 is 14.6 Å². The number of nitrogens with zero attached hydrogens (tertiary/aromatic N) is 2. The summed E-state index contributed by atoms with van der Waals surface area (Å²) in [6.45, 7) is 7.11. The molecule has 2 rings (SSSR count). The first kappa shape index (κ1) is 14.7. The van der Waals surface area contributed by atoms with Crippen LogP contribution in [0.2, 0.25) is 0 Å². The largest absolute Gasteiger partial charge is 0.478 e. The molecule has 6 heteroatoms. The van der Waals surface area contributed by atoms with E-state index in [2.05, 4.69) is 15.2 Å². The van der Waals surface area contributed by atoms with Crippen LogP contribution >= 0.6 is 0 Å². The number of pyridine rings is 1. The van der Waals surface area contributed by atoms with Crippen molar-refractivity contribution in [1.82, 2.24) is 9.88 Å². The lowest BCUT2D eigenvalue weighted by Gasteiger charge is -2.26. The second-order valence-electron chi connectivity index (χ2n) is 4.89. The molecule has 0 aromatic carbocycles. The minimum absolute atomic E-state index is 0.224. The third-order valence-corrected chi connectivity index (χ3v) is 3.31. The molecular weight excluding hydrogens is 258 g/mol. The van der Waals surface area contributed by atoms with Gasteiger partial charge >= 0.3 is 5.97 Å². The number of ether oxygens (including phenoxy) is 1. The minimum atomic E-state index is -0.951. The van der Waals surface area contributed by atoms with E-state index in [1.54, 1.807) is 12.1 Å².